The number of aliphatic hydroxyl groups excluding tert-OH is 1. The standard InChI is InChI=1S/C7H5F3INO/c8-7(9,10)6-4(3-13)5(11)1-2-12-6/h1-2,13H,3H2. The fourth-order valence-corrected chi connectivity index (χ4v) is 1.45. The summed E-state index contributed by atoms with van der Waals surface area (Å²) < 4.78 is 37.1. The number of aliphatic hydroxyl groups is 1. The van der Waals surface area contributed by atoms with Gasteiger partial charge in [-0.25, -0.2) is 0 Å². The fourth-order valence-electron chi connectivity index (χ4n) is 0.864. The topological polar surface area (TPSA) is 33.1 Å². The van der Waals surface area contributed by atoms with E-state index in [9.17, 15) is 13.2 Å². The molecule has 0 aliphatic heterocycles. The van der Waals surface area contributed by atoms with Crippen molar-refractivity contribution in [2.75, 3.05) is 0 Å². The van der Waals surface area contributed by atoms with Crippen LogP contribution in [-0.4, -0.2) is 10.1 Å². The molecule has 0 saturated carbocycles. The van der Waals surface area contributed by atoms with Gasteiger partial charge in [0.05, 0.1) is 6.61 Å². The molecule has 0 aliphatic rings. The van der Waals surface area contributed by atoms with Crippen LogP contribution in [0.4, 0.5) is 13.2 Å². The van der Waals surface area contributed by atoms with Crippen LogP contribution in [-0.2, 0) is 12.8 Å². The molecular formula is C7H5F3INO. The molecule has 0 radical (unpaired) electrons. The molecule has 0 spiro atoms. The summed E-state index contributed by atoms with van der Waals surface area (Å²) in [4.78, 5) is 3.19. The molecule has 1 N–H and O–H groups in total. The predicted octanol–water partition coefficient (Wildman–Crippen LogP) is 2.20. The van der Waals surface area contributed by atoms with Crippen LogP contribution >= 0.6 is 22.6 Å². The third-order valence-corrected chi connectivity index (χ3v) is 2.44. The van der Waals surface area contributed by atoms with Gasteiger partial charge in [0.15, 0.2) is 5.69 Å². The number of alkyl halides is 3. The lowest BCUT2D eigenvalue weighted by Gasteiger charge is -2.10. The highest BCUT2D eigenvalue weighted by atomic mass is 127. The van der Waals surface area contributed by atoms with E-state index in [1.54, 1.807) is 22.6 Å². The summed E-state index contributed by atoms with van der Waals surface area (Å²) >= 11 is 1.73. The Kier molecular flexibility index (Phi) is 3.12. The predicted molar refractivity (Wildman–Crippen MR) is 47.9 cm³/mol. The molecule has 0 aromatic carbocycles. The van der Waals surface area contributed by atoms with Crippen LogP contribution < -0.4 is 0 Å². The Morgan fingerprint density at radius 3 is 2.46 bits per heavy atom. The van der Waals surface area contributed by atoms with Crippen LogP contribution in [0.2, 0.25) is 0 Å². The molecule has 1 aromatic heterocycles. The number of nitrogens with zero attached hydrogens (tertiary/aromatic N) is 1. The molecule has 0 unspecified atom stereocenters. The zero-order chi connectivity index (χ0) is 10.1. The van der Waals surface area contributed by atoms with Crippen molar-refractivity contribution in [2.45, 2.75) is 12.8 Å². The van der Waals surface area contributed by atoms with Gasteiger partial charge in [-0.1, -0.05) is 0 Å². The first kappa shape index (κ1) is 10.7. The molecule has 0 amide bonds. The highest BCUT2D eigenvalue weighted by Crippen LogP contribution is 2.31. The summed E-state index contributed by atoms with van der Waals surface area (Å²) in [7, 11) is 0. The Morgan fingerprint density at radius 1 is 1.46 bits per heavy atom. The smallest absolute Gasteiger partial charge is 0.392 e. The summed E-state index contributed by atoms with van der Waals surface area (Å²) in [5, 5.41) is 8.72. The molecule has 1 aromatic rings. The Bertz CT molecular complexity index is 313. The SMILES string of the molecule is OCc1c(I)ccnc1C(F)(F)F. The zero-order valence-electron chi connectivity index (χ0n) is 6.27. The van der Waals surface area contributed by atoms with Crippen LogP contribution in [0.5, 0.6) is 0 Å². The molecule has 1 rings (SSSR count). The van der Waals surface area contributed by atoms with Gasteiger partial charge in [0.1, 0.15) is 0 Å². The second-order valence-corrected chi connectivity index (χ2v) is 3.44. The molecule has 13 heavy (non-hydrogen) atoms. The molecule has 0 bridgehead atoms. The summed E-state index contributed by atoms with van der Waals surface area (Å²) in [6, 6.07) is 1.42. The third kappa shape index (κ3) is 2.31. The van der Waals surface area contributed by atoms with Gasteiger partial charge >= 0.3 is 6.18 Å². The van der Waals surface area contributed by atoms with E-state index in [0.29, 0.717) is 3.57 Å². The molecule has 0 aliphatic carbocycles. The molecule has 1 heterocycles. The van der Waals surface area contributed by atoms with Crippen molar-refractivity contribution >= 4 is 22.6 Å². The van der Waals surface area contributed by atoms with Gasteiger partial charge in [-0.05, 0) is 28.7 Å². The van der Waals surface area contributed by atoms with Crippen molar-refractivity contribution in [3.8, 4) is 0 Å². The average Bonchev–Trinajstić information content (AvgIpc) is 2.02. The lowest BCUT2D eigenvalue weighted by atomic mass is 10.2. The number of hydrogen-bond donors (Lipinski definition) is 1. The second kappa shape index (κ2) is 3.79. The van der Waals surface area contributed by atoms with Gasteiger partial charge in [-0.3, -0.25) is 4.98 Å². The number of rotatable bonds is 1. The summed E-state index contributed by atoms with van der Waals surface area (Å²) in [6.07, 6.45) is -3.43. The van der Waals surface area contributed by atoms with Gasteiger partial charge in [-0.2, -0.15) is 13.2 Å². The Labute approximate surface area is 85.9 Å². The normalized spacial score (nSPS) is 11.8. The Morgan fingerprint density at radius 2 is 2.08 bits per heavy atom. The maximum Gasteiger partial charge on any atom is 0.433 e. The molecule has 6 heteroatoms. The van der Waals surface area contributed by atoms with Gasteiger partial charge < -0.3 is 5.11 Å². The van der Waals surface area contributed by atoms with Crippen LogP contribution in [0.1, 0.15) is 11.3 Å². The number of hydrogen-bond acceptors (Lipinski definition) is 2. The van der Waals surface area contributed by atoms with Crippen molar-refractivity contribution in [2.24, 2.45) is 0 Å². The molecule has 0 fully saturated rings. The van der Waals surface area contributed by atoms with Crippen LogP contribution in [0.15, 0.2) is 12.3 Å². The van der Waals surface area contributed by atoms with Crippen molar-refractivity contribution in [3.63, 3.8) is 0 Å². The van der Waals surface area contributed by atoms with E-state index >= 15 is 0 Å². The van der Waals surface area contributed by atoms with E-state index in [0.717, 1.165) is 6.20 Å². The quantitative estimate of drug-likeness (QED) is 0.807. The fraction of sp³-hybridized carbons (Fsp3) is 0.286. The highest BCUT2D eigenvalue weighted by molar-refractivity contribution is 14.1. The average molecular weight is 303 g/mol. The minimum absolute atomic E-state index is 0.171. The van der Waals surface area contributed by atoms with E-state index < -0.39 is 18.5 Å². The number of pyridine rings is 1. The number of aromatic nitrogens is 1. The molecule has 72 valence electrons. The number of halogens is 4. The summed E-state index contributed by atoms with van der Waals surface area (Å²) in [6.45, 7) is -0.652. The Hall–Kier alpha value is -0.370. The maximum absolute atomic E-state index is 12.2. The first-order chi connectivity index (χ1) is 5.96. The van der Waals surface area contributed by atoms with E-state index in [4.69, 9.17) is 5.11 Å². The Balaban J connectivity index is 3.29. The van der Waals surface area contributed by atoms with E-state index in [1.807, 2.05) is 0 Å². The molecular weight excluding hydrogens is 298 g/mol. The van der Waals surface area contributed by atoms with Crippen LogP contribution in [0.3, 0.4) is 0 Å². The van der Waals surface area contributed by atoms with Crippen molar-refractivity contribution in [1.82, 2.24) is 4.98 Å². The van der Waals surface area contributed by atoms with Crippen molar-refractivity contribution in [3.05, 3.63) is 27.1 Å². The van der Waals surface area contributed by atoms with Crippen molar-refractivity contribution in [1.29, 1.82) is 0 Å². The van der Waals surface area contributed by atoms with E-state index in [2.05, 4.69) is 4.98 Å². The largest absolute Gasteiger partial charge is 0.433 e. The third-order valence-electron chi connectivity index (χ3n) is 1.43. The molecule has 0 saturated heterocycles. The van der Waals surface area contributed by atoms with E-state index in [1.165, 1.54) is 6.07 Å². The van der Waals surface area contributed by atoms with Gasteiger partial charge in [0, 0.05) is 15.3 Å². The van der Waals surface area contributed by atoms with Crippen LogP contribution in [0, 0.1) is 3.57 Å². The van der Waals surface area contributed by atoms with Gasteiger partial charge in [0.25, 0.3) is 0 Å². The monoisotopic (exact) mass is 303 g/mol. The molecule has 2 nitrogen and oxygen atoms in total. The maximum atomic E-state index is 12.2. The zero-order valence-corrected chi connectivity index (χ0v) is 8.43. The van der Waals surface area contributed by atoms with Crippen molar-refractivity contribution < 1.29 is 18.3 Å². The first-order valence-electron chi connectivity index (χ1n) is 3.28. The molecule has 0 atom stereocenters. The summed E-state index contributed by atoms with van der Waals surface area (Å²) in [5.41, 5.74) is -1.18. The second-order valence-electron chi connectivity index (χ2n) is 2.28. The highest BCUT2D eigenvalue weighted by Gasteiger charge is 2.35. The minimum atomic E-state index is -4.50. The first-order valence-corrected chi connectivity index (χ1v) is 4.36. The van der Waals surface area contributed by atoms with Gasteiger partial charge in [-0.15, -0.1) is 0 Å². The summed E-state index contributed by atoms with van der Waals surface area (Å²) in [5.74, 6) is 0. The minimum Gasteiger partial charge on any atom is -0.392 e. The van der Waals surface area contributed by atoms with E-state index in [-0.39, 0.29) is 5.56 Å². The van der Waals surface area contributed by atoms with Gasteiger partial charge in [0.2, 0.25) is 0 Å². The lowest BCUT2D eigenvalue weighted by Crippen LogP contribution is -2.13. The lowest BCUT2D eigenvalue weighted by molar-refractivity contribution is -0.142. The van der Waals surface area contributed by atoms with Crippen LogP contribution in [0.25, 0.3) is 0 Å².